The Labute approximate surface area is 142 Å². The maximum atomic E-state index is 5.76. The number of nitrogens with zero attached hydrogens (tertiary/aromatic N) is 1. The molecule has 0 unspecified atom stereocenters. The maximum absolute atomic E-state index is 5.76. The standard InChI is InChI=1S/C18H21N3OS/c1-2-3-13-22-17-12-8-7-9-15(17)14-19-21-18(23)20-16-10-5-4-6-11-16/h4-12,14H,2-3,13H2,1H3,(H2,20,21,23)/b19-14+. The number of rotatable bonds is 7. The van der Waals surface area contributed by atoms with Crippen molar-refractivity contribution in [2.45, 2.75) is 19.8 Å². The molecule has 0 aliphatic heterocycles. The summed E-state index contributed by atoms with van der Waals surface area (Å²) in [6.45, 7) is 2.85. The monoisotopic (exact) mass is 327 g/mol. The van der Waals surface area contributed by atoms with Gasteiger partial charge in [0.15, 0.2) is 5.11 Å². The molecular formula is C18H21N3OS. The maximum Gasteiger partial charge on any atom is 0.191 e. The van der Waals surface area contributed by atoms with Crippen molar-refractivity contribution in [1.82, 2.24) is 5.43 Å². The first-order chi connectivity index (χ1) is 11.3. The normalized spacial score (nSPS) is 10.5. The molecule has 0 heterocycles. The lowest BCUT2D eigenvalue weighted by molar-refractivity contribution is 0.309. The number of hydrazone groups is 1. The average molecular weight is 327 g/mol. The number of para-hydroxylation sites is 2. The van der Waals surface area contributed by atoms with Crippen LogP contribution in [0.25, 0.3) is 0 Å². The molecule has 4 nitrogen and oxygen atoms in total. The minimum absolute atomic E-state index is 0.442. The molecule has 0 aliphatic carbocycles. The number of anilines is 1. The second kappa shape index (κ2) is 9.58. The molecule has 0 fully saturated rings. The highest BCUT2D eigenvalue weighted by Crippen LogP contribution is 2.16. The Bertz CT molecular complexity index is 644. The quantitative estimate of drug-likeness (QED) is 0.346. The fourth-order valence-electron chi connectivity index (χ4n) is 1.89. The predicted molar refractivity (Wildman–Crippen MR) is 100 cm³/mol. The Balaban J connectivity index is 1.88. The molecule has 0 saturated carbocycles. The third-order valence-corrected chi connectivity index (χ3v) is 3.27. The van der Waals surface area contributed by atoms with E-state index in [0.29, 0.717) is 11.7 Å². The van der Waals surface area contributed by atoms with E-state index < -0.39 is 0 Å². The van der Waals surface area contributed by atoms with Gasteiger partial charge in [-0.25, -0.2) is 0 Å². The van der Waals surface area contributed by atoms with E-state index in [1.807, 2.05) is 54.6 Å². The minimum Gasteiger partial charge on any atom is -0.493 e. The Morgan fingerprint density at radius 1 is 1.13 bits per heavy atom. The van der Waals surface area contributed by atoms with Crippen LogP contribution in [0.4, 0.5) is 5.69 Å². The van der Waals surface area contributed by atoms with E-state index in [1.165, 1.54) is 0 Å². The largest absolute Gasteiger partial charge is 0.493 e. The Hall–Kier alpha value is -2.40. The number of benzene rings is 2. The van der Waals surface area contributed by atoms with Gasteiger partial charge in [0, 0.05) is 11.3 Å². The minimum atomic E-state index is 0.442. The van der Waals surface area contributed by atoms with E-state index in [1.54, 1.807) is 6.21 Å². The first-order valence-corrected chi connectivity index (χ1v) is 8.07. The smallest absolute Gasteiger partial charge is 0.191 e. The molecule has 0 saturated heterocycles. The molecule has 0 atom stereocenters. The van der Waals surface area contributed by atoms with Crippen molar-refractivity contribution in [3.05, 3.63) is 60.2 Å². The molecule has 2 rings (SSSR count). The lowest BCUT2D eigenvalue weighted by Gasteiger charge is -2.09. The van der Waals surface area contributed by atoms with Gasteiger partial charge >= 0.3 is 0 Å². The summed E-state index contributed by atoms with van der Waals surface area (Å²) in [5.74, 6) is 0.827. The van der Waals surface area contributed by atoms with Crippen LogP contribution in [0.3, 0.4) is 0 Å². The highest BCUT2D eigenvalue weighted by Gasteiger charge is 2.00. The SMILES string of the molecule is CCCCOc1ccccc1/C=N/NC(=S)Nc1ccccc1. The number of hydrogen-bond acceptors (Lipinski definition) is 3. The number of nitrogens with one attached hydrogen (secondary N) is 2. The van der Waals surface area contributed by atoms with Gasteiger partial charge in [-0.15, -0.1) is 0 Å². The molecule has 2 aromatic carbocycles. The van der Waals surface area contributed by atoms with Crippen molar-refractivity contribution in [1.29, 1.82) is 0 Å². The first kappa shape index (κ1) is 17.0. The van der Waals surface area contributed by atoms with Gasteiger partial charge in [0.05, 0.1) is 12.8 Å². The predicted octanol–water partition coefficient (Wildman–Crippen LogP) is 4.19. The van der Waals surface area contributed by atoms with Crippen LogP contribution in [0.1, 0.15) is 25.3 Å². The molecule has 0 aromatic heterocycles. The molecule has 0 spiro atoms. The van der Waals surface area contributed by atoms with Crippen molar-refractivity contribution in [2.24, 2.45) is 5.10 Å². The molecule has 5 heteroatoms. The van der Waals surface area contributed by atoms with Crippen LogP contribution in [0, 0.1) is 0 Å². The van der Waals surface area contributed by atoms with Crippen LogP contribution < -0.4 is 15.5 Å². The number of thiocarbonyl (C=S) groups is 1. The fraction of sp³-hybridized carbons (Fsp3) is 0.222. The summed E-state index contributed by atoms with van der Waals surface area (Å²) in [5, 5.41) is 7.67. The fourth-order valence-corrected chi connectivity index (χ4v) is 2.06. The van der Waals surface area contributed by atoms with Gasteiger partial charge in [0.2, 0.25) is 0 Å². The van der Waals surface area contributed by atoms with Crippen molar-refractivity contribution in [3.8, 4) is 5.75 Å². The van der Waals surface area contributed by atoms with Gasteiger partial charge in [-0.1, -0.05) is 43.7 Å². The molecule has 23 heavy (non-hydrogen) atoms. The van der Waals surface area contributed by atoms with Gasteiger partial charge in [-0.05, 0) is 42.9 Å². The highest BCUT2D eigenvalue weighted by molar-refractivity contribution is 7.80. The van der Waals surface area contributed by atoms with Crippen LogP contribution in [0.2, 0.25) is 0 Å². The van der Waals surface area contributed by atoms with E-state index in [-0.39, 0.29) is 0 Å². The number of hydrogen-bond donors (Lipinski definition) is 2. The van der Waals surface area contributed by atoms with E-state index in [0.717, 1.165) is 29.8 Å². The molecule has 0 aliphatic rings. The third kappa shape index (κ3) is 6.08. The lowest BCUT2D eigenvalue weighted by atomic mass is 10.2. The Morgan fingerprint density at radius 3 is 2.65 bits per heavy atom. The summed E-state index contributed by atoms with van der Waals surface area (Å²) in [5.41, 5.74) is 4.64. The van der Waals surface area contributed by atoms with Crippen molar-refractivity contribution in [3.63, 3.8) is 0 Å². The van der Waals surface area contributed by atoms with Crippen LogP contribution in [-0.4, -0.2) is 17.9 Å². The summed E-state index contributed by atoms with van der Waals surface area (Å²) in [6, 6.07) is 17.5. The van der Waals surface area contributed by atoms with Crippen LogP contribution >= 0.6 is 12.2 Å². The molecule has 120 valence electrons. The van der Waals surface area contributed by atoms with Gasteiger partial charge in [0.1, 0.15) is 5.75 Å². The summed E-state index contributed by atoms with van der Waals surface area (Å²) in [7, 11) is 0. The molecule has 2 N–H and O–H groups in total. The highest BCUT2D eigenvalue weighted by atomic mass is 32.1. The average Bonchev–Trinajstić information content (AvgIpc) is 2.57. The zero-order valence-corrected chi connectivity index (χ0v) is 14.0. The Kier molecular flexibility index (Phi) is 7.07. The summed E-state index contributed by atoms with van der Waals surface area (Å²) in [4.78, 5) is 0. The first-order valence-electron chi connectivity index (χ1n) is 7.66. The zero-order chi connectivity index (χ0) is 16.3. The van der Waals surface area contributed by atoms with E-state index in [2.05, 4.69) is 22.8 Å². The second-order valence-corrected chi connectivity index (χ2v) is 5.34. The molecular weight excluding hydrogens is 306 g/mol. The van der Waals surface area contributed by atoms with E-state index in [9.17, 15) is 0 Å². The van der Waals surface area contributed by atoms with E-state index >= 15 is 0 Å². The van der Waals surface area contributed by atoms with Crippen molar-refractivity contribution >= 4 is 29.2 Å². The van der Waals surface area contributed by atoms with Crippen molar-refractivity contribution in [2.75, 3.05) is 11.9 Å². The van der Waals surface area contributed by atoms with E-state index in [4.69, 9.17) is 17.0 Å². The van der Waals surface area contributed by atoms with Crippen LogP contribution in [-0.2, 0) is 0 Å². The third-order valence-electron chi connectivity index (χ3n) is 3.08. The van der Waals surface area contributed by atoms with Crippen molar-refractivity contribution < 1.29 is 4.74 Å². The van der Waals surface area contributed by atoms with Crippen LogP contribution in [0.5, 0.6) is 5.75 Å². The molecule has 0 bridgehead atoms. The number of unbranched alkanes of at least 4 members (excludes halogenated alkanes) is 1. The van der Waals surface area contributed by atoms with Gasteiger partial charge in [-0.3, -0.25) is 5.43 Å². The lowest BCUT2D eigenvalue weighted by Crippen LogP contribution is -2.23. The van der Waals surface area contributed by atoms with Gasteiger partial charge < -0.3 is 10.1 Å². The topological polar surface area (TPSA) is 45.6 Å². The Morgan fingerprint density at radius 2 is 1.87 bits per heavy atom. The van der Waals surface area contributed by atoms with Gasteiger partial charge in [0.25, 0.3) is 0 Å². The molecule has 0 radical (unpaired) electrons. The zero-order valence-electron chi connectivity index (χ0n) is 13.2. The summed E-state index contributed by atoms with van der Waals surface area (Å²) in [6.07, 6.45) is 3.85. The van der Waals surface area contributed by atoms with Crippen LogP contribution in [0.15, 0.2) is 59.7 Å². The summed E-state index contributed by atoms with van der Waals surface area (Å²) < 4.78 is 5.76. The summed E-state index contributed by atoms with van der Waals surface area (Å²) >= 11 is 5.20. The van der Waals surface area contributed by atoms with Gasteiger partial charge in [-0.2, -0.15) is 5.10 Å². The molecule has 2 aromatic rings. The molecule has 0 amide bonds. The number of ether oxygens (including phenoxy) is 1. The second-order valence-electron chi connectivity index (χ2n) is 4.93.